The molecule has 2 saturated heterocycles. The molecule has 0 spiro atoms. The van der Waals surface area contributed by atoms with Crippen molar-refractivity contribution in [1.82, 2.24) is 20.1 Å². The number of nitrogen functional groups attached to an aromatic ring is 1. The van der Waals surface area contributed by atoms with Gasteiger partial charge in [0.2, 0.25) is 0 Å². The third-order valence-corrected chi connectivity index (χ3v) is 5.82. The van der Waals surface area contributed by atoms with Crippen molar-refractivity contribution in [3.8, 4) is 0 Å². The Kier molecular flexibility index (Phi) is 5.48. The minimum absolute atomic E-state index is 0.0522. The molecule has 1 atom stereocenters. The van der Waals surface area contributed by atoms with Crippen LogP contribution in [-0.4, -0.2) is 65.6 Å². The van der Waals surface area contributed by atoms with Gasteiger partial charge in [0.05, 0.1) is 29.9 Å². The normalized spacial score (nSPS) is 23.3. The Hall–Kier alpha value is -1.69. The number of aromatic nitrogens is 1. The lowest BCUT2D eigenvalue weighted by molar-refractivity contribution is -0.185. The molecule has 0 saturated carbocycles. The second-order valence-corrected chi connectivity index (χ2v) is 7.97. The highest BCUT2D eigenvalue weighted by Crippen LogP contribution is 2.36. The van der Waals surface area contributed by atoms with Crippen molar-refractivity contribution in [3.05, 3.63) is 11.1 Å². The quantitative estimate of drug-likeness (QED) is 0.745. The van der Waals surface area contributed by atoms with Crippen molar-refractivity contribution < 1.29 is 26.7 Å². The van der Waals surface area contributed by atoms with Gasteiger partial charge in [0.15, 0.2) is 5.13 Å². The van der Waals surface area contributed by atoms with Gasteiger partial charge in [0.25, 0.3) is 5.92 Å². The average molecular weight is 413 g/mol. The summed E-state index contributed by atoms with van der Waals surface area (Å²) in [7, 11) is 0. The van der Waals surface area contributed by atoms with Crippen LogP contribution in [0.3, 0.4) is 0 Å². The molecule has 3 rings (SSSR count). The molecule has 3 N–H and O–H groups in total. The Labute approximate surface area is 156 Å². The Balaban J connectivity index is 1.75. The number of carbonyl (C=O) groups excluding carboxylic acids is 1. The van der Waals surface area contributed by atoms with Crippen LogP contribution < -0.4 is 11.1 Å². The van der Waals surface area contributed by atoms with Crippen molar-refractivity contribution >= 4 is 22.5 Å². The van der Waals surface area contributed by atoms with Crippen molar-refractivity contribution in [3.63, 3.8) is 0 Å². The summed E-state index contributed by atoms with van der Waals surface area (Å²) in [6.07, 6.45) is -2.91. The zero-order chi connectivity index (χ0) is 19.8. The van der Waals surface area contributed by atoms with E-state index in [4.69, 9.17) is 5.73 Å². The number of carbonyl (C=O) groups is 1. The lowest BCUT2D eigenvalue weighted by Gasteiger charge is -2.41. The number of urea groups is 1. The second kappa shape index (κ2) is 7.38. The largest absolute Gasteiger partial charge is 0.391 e. The van der Waals surface area contributed by atoms with E-state index in [1.807, 2.05) is 0 Å². The van der Waals surface area contributed by atoms with E-state index >= 15 is 0 Å². The van der Waals surface area contributed by atoms with Crippen molar-refractivity contribution in [2.75, 3.05) is 38.5 Å². The number of likely N-dealkylation sites (tertiary alicyclic amines) is 1. The highest BCUT2D eigenvalue weighted by molar-refractivity contribution is 7.15. The molecule has 0 aliphatic carbocycles. The number of nitrogens with zero attached hydrogens (tertiary/aromatic N) is 3. The first-order chi connectivity index (χ1) is 12.5. The molecule has 0 unspecified atom stereocenters. The van der Waals surface area contributed by atoms with E-state index in [1.54, 1.807) is 4.90 Å². The fraction of sp³-hybridized carbons (Fsp3) is 0.733. The maximum absolute atomic E-state index is 13.8. The van der Waals surface area contributed by atoms with Gasteiger partial charge in [-0.2, -0.15) is 13.2 Å². The highest BCUT2D eigenvalue weighted by atomic mass is 32.1. The van der Waals surface area contributed by atoms with Crippen molar-refractivity contribution in [1.29, 1.82) is 0 Å². The molecule has 2 aliphatic heterocycles. The van der Waals surface area contributed by atoms with Crippen molar-refractivity contribution in [2.24, 2.45) is 5.92 Å². The SMILES string of the molecule is Nc1ncc([C@@H](CN2CCC(C(F)(F)F)CC2)N2CC(F)(F)CNC2=O)s1. The van der Waals surface area contributed by atoms with Gasteiger partial charge in [-0.05, 0) is 25.9 Å². The molecule has 0 radical (unpaired) electrons. The average Bonchev–Trinajstić information content (AvgIpc) is 3.01. The monoisotopic (exact) mass is 413 g/mol. The number of nitrogens with two attached hydrogens (primary N) is 1. The molecule has 152 valence electrons. The summed E-state index contributed by atoms with van der Waals surface area (Å²) in [5.41, 5.74) is 5.63. The maximum Gasteiger partial charge on any atom is 0.391 e. The minimum Gasteiger partial charge on any atom is -0.375 e. The zero-order valence-electron chi connectivity index (χ0n) is 14.3. The molecule has 1 aromatic rings. The summed E-state index contributed by atoms with van der Waals surface area (Å²) in [4.78, 5) is 19.4. The van der Waals surface area contributed by atoms with E-state index in [0.717, 1.165) is 16.2 Å². The lowest BCUT2D eigenvalue weighted by atomic mass is 9.96. The van der Waals surface area contributed by atoms with E-state index in [-0.39, 0.29) is 37.6 Å². The van der Waals surface area contributed by atoms with Crippen LogP contribution in [0.4, 0.5) is 31.9 Å². The number of alkyl halides is 5. The van der Waals surface area contributed by atoms with Gasteiger partial charge >= 0.3 is 12.2 Å². The molecule has 2 aliphatic rings. The molecular weight excluding hydrogens is 393 g/mol. The predicted molar refractivity (Wildman–Crippen MR) is 89.5 cm³/mol. The Morgan fingerprint density at radius 1 is 1.37 bits per heavy atom. The summed E-state index contributed by atoms with van der Waals surface area (Å²) in [5.74, 6) is -4.44. The van der Waals surface area contributed by atoms with E-state index in [0.29, 0.717) is 4.88 Å². The molecule has 0 aromatic carbocycles. The predicted octanol–water partition coefficient (Wildman–Crippen LogP) is 2.70. The number of nitrogens with one attached hydrogen (secondary N) is 1. The van der Waals surface area contributed by atoms with Gasteiger partial charge in [-0.1, -0.05) is 0 Å². The van der Waals surface area contributed by atoms with Crippen molar-refractivity contribution in [2.45, 2.75) is 31.0 Å². The van der Waals surface area contributed by atoms with Gasteiger partial charge in [-0.3, -0.25) is 0 Å². The first kappa shape index (κ1) is 20.1. The number of hydrogen-bond donors (Lipinski definition) is 2. The van der Waals surface area contributed by atoms with Gasteiger partial charge in [0, 0.05) is 12.7 Å². The van der Waals surface area contributed by atoms with Crippen LogP contribution in [0, 0.1) is 5.92 Å². The first-order valence-electron chi connectivity index (χ1n) is 8.48. The van der Waals surface area contributed by atoms with Gasteiger partial charge in [0.1, 0.15) is 0 Å². The van der Waals surface area contributed by atoms with E-state index in [9.17, 15) is 26.7 Å². The number of thiazole rings is 1. The molecule has 2 amide bonds. The molecule has 3 heterocycles. The lowest BCUT2D eigenvalue weighted by Crippen LogP contribution is -2.59. The molecular formula is C15H20F5N5OS. The Morgan fingerprint density at radius 2 is 2.04 bits per heavy atom. The molecule has 0 bridgehead atoms. The van der Waals surface area contributed by atoms with Crippen LogP contribution in [-0.2, 0) is 0 Å². The molecule has 27 heavy (non-hydrogen) atoms. The summed E-state index contributed by atoms with van der Waals surface area (Å²) < 4.78 is 66.2. The fourth-order valence-electron chi connectivity index (χ4n) is 3.42. The topological polar surface area (TPSA) is 74.5 Å². The van der Waals surface area contributed by atoms with Crippen LogP contribution >= 0.6 is 11.3 Å². The number of halogens is 5. The van der Waals surface area contributed by atoms with Crippen LogP contribution in [0.1, 0.15) is 23.8 Å². The third-order valence-electron chi connectivity index (χ3n) is 4.89. The number of hydrogen-bond acceptors (Lipinski definition) is 5. The number of rotatable bonds is 4. The summed E-state index contributed by atoms with van der Waals surface area (Å²) >= 11 is 1.08. The Morgan fingerprint density at radius 3 is 2.59 bits per heavy atom. The first-order valence-corrected chi connectivity index (χ1v) is 9.29. The molecule has 12 heteroatoms. The summed E-state index contributed by atoms with van der Waals surface area (Å²) in [6, 6.07) is -1.39. The number of amides is 2. The maximum atomic E-state index is 13.8. The van der Waals surface area contributed by atoms with Gasteiger partial charge in [-0.25, -0.2) is 18.6 Å². The number of anilines is 1. The molecule has 2 fully saturated rings. The zero-order valence-corrected chi connectivity index (χ0v) is 15.1. The van der Waals surface area contributed by atoms with Crippen LogP contribution in [0.2, 0.25) is 0 Å². The van der Waals surface area contributed by atoms with Crippen LogP contribution in [0.25, 0.3) is 0 Å². The standard InChI is InChI=1S/C15H20F5N5OS/c16-14(17)7-23-13(26)25(8-14)10(11-5-22-12(21)27-11)6-24-3-1-9(2-4-24)15(18,19)20/h5,9-10H,1-4,6-8H2,(H2,21,22)(H,23,26)/t10-/m1/s1. The minimum atomic E-state index is -4.23. The Bertz CT molecular complexity index is 674. The second-order valence-electron chi connectivity index (χ2n) is 6.88. The summed E-state index contributed by atoms with van der Waals surface area (Å²) in [5, 5.41) is 2.40. The molecule has 6 nitrogen and oxygen atoms in total. The van der Waals surface area contributed by atoms with Crippen LogP contribution in [0.5, 0.6) is 0 Å². The highest BCUT2D eigenvalue weighted by Gasteiger charge is 2.44. The smallest absolute Gasteiger partial charge is 0.375 e. The van der Waals surface area contributed by atoms with Gasteiger partial charge < -0.3 is 20.9 Å². The molecule has 1 aromatic heterocycles. The van der Waals surface area contributed by atoms with E-state index in [2.05, 4.69) is 10.3 Å². The summed E-state index contributed by atoms with van der Waals surface area (Å²) in [6.45, 7) is -0.992. The fourth-order valence-corrected chi connectivity index (χ4v) is 4.21. The van der Waals surface area contributed by atoms with E-state index < -0.39 is 43.2 Å². The van der Waals surface area contributed by atoms with Gasteiger partial charge in [-0.15, -0.1) is 11.3 Å². The van der Waals surface area contributed by atoms with E-state index in [1.165, 1.54) is 6.20 Å². The van der Waals surface area contributed by atoms with Crippen LogP contribution in [0.15, 0.2) is 6.20 Å². The number of piperidine rings is 1. The third kappa shape index (κ3) is 4.78.